The highest BCUT2D eigenvalue weighted by Crippen LogP contribution is 2.33. The molecular weight excluding hydrogens is 212 g/mol. The third-order valence-corrected chi connectivity index (χ3v) is 2.99. The van der Waals surface area contributed by atoms with E-state index in [9.17, 15) is 0 Å². The molecule has 0 aliphatic heterocycles. The number of benzene rings is 1. The van der Waals surface area contributed by atoms with E-state index in [2.05, 4.69) is 23.1 Å². The van der Waals surface area contributed by atoms with Gasteiger partial charge in [-0.2, -0.15) is 0 Å². The van der Waals surface area contributed by atoms with Crippen molar-refractivity contribution in [2.24, 2.45) is 0 Å². The van der Waals surface area contributed by atoms with Crippen molar-refractivity contribution in [3.8, 4) is 5.75 Å². The molecule has 0 spiro atoms. The van der Waals surface area contributed by atoms with Gasteiger partial charge in [0, 0.05) is 18.4 Å². The quantitative estimate of drug-likeness (QED) is 0.811. The second-order valence-corrected chi connectivity index (χ2v) is 4.12. The highest BCUT2D eigenvalue weighted by molar-refractivity contribution is 5.67. The molecule has 0 atom stereocenters. The average molecular weight is 230 g/mol. The van der Waals surface area contributed by atoms with Gasteiger partial charge in [-0.15, -0.1) is 0 Å². The van der Waals surface area contributed by atoms with Crippen LogP contribution in [0.15, 0.2) is 42.1 Å². The Balaban J connectivity index is 2.35. The van der Waals surface area contributed by atoms with Gasteiger partial charge in [-0.05, 0) is 37.1 Å². The van der Waals surface area contributed by atoms with Gasteiger partial charge in [-0.1, -0.05) is 12.2 Å². The van der Waals surface area contributed by atoms with E-state index >= 15 is 0 Å². The lowest BCUT2D eigenvalue weighted by Crippen LogP contribution is -2.18. The van der Waals surface area contributed by atoms with Gasteiger partial charge in [0.1, 0.15) is 5.75 Å². The molecule has 0 aromatic heterocycles. The number of hydrogen-bond donors (Lipinski definition) is 1. The summed E-state index contributed by atoms with van der Waals surface area (Å²) in [7, 11) is 3.72. The predicted octanol–water partition coefficient (Wildman–Crippen LogP) is 2.95. The van der Waals surface area contributed by atoms with Crippen molar-refractivity contribution in [3.05, 3.63) is 42.1 Å². The molecule has 0 amide bonds. The second kappa shape index (κ2) is 4.95. The maximum absolute atomic E-state index is 5.83. The number of rotatable bonds is 3. The highest BCUT2D eigenvalue weighted by Gasteiger charge is 2.12. The number of hydrogen-bond acceptors (Lipinski definition) is 3. The van der Waals surface area contributed by atoms with Gasteiger partial charge < -0.3 is 15.4 Å². The number of nitrogen functional groups attached to an aromatic ring is 1. The van der Waals surface area contributed by atoms with Gasteiger partial charge in [0.2, 0.25) is 0 Å². The fourth-order valence-electron chi connectivity index (χ4n) is 1.99. The lowest BCUT2D eigenvalue weighted by molar-refractivity contribution is 0.415. The van der Waals surface area contributed by atoms with Crippen LogP contribution in [0.3, 0.4) is 0 Å². The first-order valence-corrected chi connectivity index (χ1v) is 5.75. The van der Waals surface area contributed by atoms with Crippen LogP contribution in [0.2, 0.25) is 0 Å². The van der Waals surface area contributed by atoms with Gasteiger partial charge in [0.05, 0.1) is 12.8 Å². The Labute approximate surface area is 102 Å². The molecule has 0 bridgehead atoms. The van der Waals surface area contributed by atoms with E-state index in [1.54, 1.807) is 7.11 Å². The van der Waals surface area contributed by atoms with E-state index in [1.807, 2.05) is 25.2 Å². The number of anilines is 2. The number of nitrogens with zero attached hydrogens (tertiary/aromatic N) is 1. The minimum atomic E-state index is 0.750. The van der Waals surface area contributed by atoms with E-state index in [1.165, 1.54) is 5.70 Å². The Hall–Kier alpha value is -1.90. The molecule has 2 rings (SSSR count). The predicted molar refractivity (Wildman–Crippen MR) is 72.3 cm³/mol. The normalized spacial score (nSPS) is 14.4. The van der Waals surface area contributed by atoms with E-state index in [-0.39, 0.29) is 0 Å². The van der Waals surface area contributed by atoms with Crippen LogP contribution >= 0.6 is 0 Å². The minimum Gasteiger partial charge on any atom is -0.495 e. The second-order valence-electron chi connectivity index (χ2n) is 4.12. The lowest BCUT2D eigenvalue weighted by atomic mass is 10.1. The van der Waals surface area contributed by atoms with E-state index < -0.39 is 0 Å². The Bertz CT molecular complexity index is 463. The van der Waals surface area contributed by atoms with E-state index in [4.69, 9.17) is 10.5 Å². The molecule has 0 radical (unpaired) electrons. The van der Waals surface area contributed by atoms with Crippen LogP contribution in [0.1, 0.15) is 12.8 Å². The first-order chi connectivity index (χ1) is 8.22. The molecule has 1 aromatic carbocycles. The molecule has 90 valence electrons. The zero-order valence-corrected chi connectivity index (χ0v) is 10.3. The third kappa shape index (κ3) is 2.44. The molecule has 0 fully saturated rings. The molecule has 1 aliphatic rings. The average Bonchev–Trinajstić information content (AvgIpc) is 2.39. The van der Waals surface area contributed by atoms with Crippen molar-refractivity contribution in [1.82, 2.24) is 0 Å². The summed E-state index contributed by atoms with van der Waals surface area (Å²) in [6.45, 7) is 0. The Morgan fingerprint density at radius 2 is 2.18 bits per heavy atom. The fraction of sp³-hybridized carbons (Fsp3) is 0.286. The maximum Gasteiger partial charge on any atom is 0.142 e. The molecule has 0 unspecified atom stereocenters. The summed E-state index contributed by atoms with van der Waals surface area (Å²) in [4.78, 5) is 2.14. The Kier molecular flexibility index (Phi) is 3.38. The number of allylic oxidation sites excluding steroid dienone is 4. The summed E-state index contributed by atoms with van der Waals surface area (Å²) >= 11 is 0. The van der Waals surface area contributed by atoms with Crippen molar-refractivity contribution in [3.63, 3.8) is 0 Å². The Morgan fingerprint density at radius 3 is 2.82 bits per heavy atom. The summed E-state index contributed by atoms with van der Waals surface area (Å²) < 4.78 is 5.37. The fourth-order valence-corrected chi connectivity index (χ4v) is 1.99. The molecule has 1 aromatic rings. The van der Waals surface area contributed by atoms with Crippen molar-refractivity contribution < 1.29 is 4.74 Å². The molecular formula is C14H18N2O. The van der Waals surface area contributed by atoms with Gasteiger partial charge in [-0.25, -0.2) is 0 Å². The molecule has 0 heterocycles. The largest absolute Gasteiger partial charge is 0.495 e. The summed E-state index contributed by atoms with van der Waals surface area (Å²) in [6, 6.07) is 5.70. The monoisotopic (exact) mass is 230 g/mol. The van der Waals surface area contributed by atoms with Crippen molar-refractivity contribution >= 4 is 11.4 Å². The van der Waals surface area contributed by atoms with Crippen LogP contribution < -0.4 is 15.4 Å². The van der Waals surface area contributed by atoms with Gasteiger partial charge in [0.15, 0.2) is 0 Å². The number of nitrogens with two attached hydrogens (primary N) is 1. The first-order valence-electron chi connectivity index (χ1n) is 5.75. The number of methoxy groups -OCH3 is 1. The maximum atomic E-state index is 5.83. The smallest absolute Gasteiger partial charge is 0.142 e. The molecule has 3 heteroatoms. The summed E-state index contributed by atoms with van der Waals surface area (Å²) in [5, 5.41) is 0. The van der Waals surface area contributed by atoms with E-state index in [0.717, 1.165) is 30.0 Å². The van der Waals surface area contributed by atoms with E-state index in [0.29, 0.717) is 0 Å². The van der Waals surface area contributed by atoms with Crippen molar-refractivity contribution in [2.75, 3.05) is 24.8 Å². The molecule has 0 saturated carbocycles. The highest BCUT2D eigenvalue weighted by atomic mass is 16.5. The summed E-state index contributed by atoms with van der Waals surface area (Å²) in [5.41, 5.74) is 8.87. The standard InChI is InChI=1S/C14H18N2O/c1-16(12-6-4-3-5-7-12)13-10-11(15)8-9-14(13)17-2/h3-4,6,8-10H,5,7,15H2,1-2H3. The van der Waals surface area contributed by atoms with Crippen LogP contribution in [0, 0.1) is 0 Å². The molecule has 2 N–H and O–H groups in total. The van der Waals surface area contributed by atoms with Gasteiger partial charge in [0.25, 0.3) is 0 Å². The minimum absolute atomic E-state index is 0.750. The van der Waals surface area contributed by atoms with Gasteiger partial charge >= 0.3 is 0 Å². The first kappa shape index (κ1) is 11.6. The van der Waals surface area contributed by atoms with Crippen LogP contribution in [0.25, 0.3) is 0 Å². The van der Waals surface area contributed by atoms with Crippen molar-refractivity contribution in [2.45, 2.75) is 12.8 Å². The number of ether oxygens (including phenoxy) is 1. The van der Waals surface area contributed by atoms with Crippen LogP contribution in [0.4, 0.5) is 11.4 Å². The molecule has 17 heavy (non-hydrogen) atoms. The third-order valence-electron chi connectivity index (χ3n) is 2.99. The van der Waals surface area contributed by atoms with Gasteiger partial charge in [-0.3, -0.25) is 0 Å². The molecule has 0 saturated heterocycles. The van der Waals surface area contributed by atoms with Crippen LogP contribution in [0.5, 0.6) is 5.75 Å². The molecule has 1 aliphatic carbocycles. The lowest BCUT2D eigenvalue weighted by Gasteiger charge is -2.25. The SMILES string of the molecule is COc1ccc(N)cc1N(C)C1=CC=CCC1. The molecule has 3 nitrogen and oxygen atoms in total. The zero-order valence-electron chi connectivity index (χ0n) is 10.3. The van der Waals surface area contributed by atoms with Crippen LogP contribution in [-0.4, -0.2) is 14.2 Å². The summed E-state index contributed by atoms with van der Waals surface area (Å²) in [6.07, 6.45) is 8.53. The Morgan fingerprint density at radius 1 is 1.35 bits per heavy atom. The topological polar surface area (TPSA) is 38.5 Å². The zero-order chi connectivity index (χ0) is 12.3. The van der Waals surface area contributed by atoms with Crippen LogP contribution in [-0.2, 0) is 0 Å². The van der Waals surface area contributed by atoms with Crippen molar-refractivity contribution in [1.29, 1.82) is 0 Å². The summed E-state index contributed by atoms with van der Waals surface area (Å²) in [5.74, 6) is 0.845.